The lowest BCUT2D eigenvalue weighted by molar-refractivity contribution is 0.0844. The van der Waals surface area contributed by atoms with Gasteiger partial charge < -0.3 is 15.0 Å². The van der Waals surface area contributed by atoms with Gasteiger partial charge in [0.15, 0.2) is 0 Å². The Balaban J connectivity index is 1.63. The molecule has 2 aliphatic heterocycles. The van der Waals surface area contributed by atoms with Crippen LogP contribution in [0.2, 0.25) is 0 Å². The summed E-state index contributed by atoms with van der Waals surface area (Å²) in [4.78, 5) is 12.2. The van der Waals surface area contributed by atoms with E-state index in [1.54, 1.807) is 0 Å². The van der Waals surface area contributed by atoms with Gasteiger partial charge in [0, 0.05) is 63.0 Å². The van der Waals surface area contributed by atoms with Crippen LogP contribution in [0.1, 0.15) is 49.0 Å². The van der Waals surface area contributed by atoms with Crippen LogP contribution in [0, 0.1) is 0 Å². The molecule has 1 aliphatic carbocycles. The van der Waals surface area contributed by atoms with E-state index in [0.717, 1.165) is 63.9 Å². The molecule has 0 bridgehead atoms. The molecule has 0 radical (unpaired) electrons. The van der Waals surface area contributed by atoms with Crippen LogP contribution in [0.25, 0.3) is 0 Å². The largest absolute Gasteiger partial charge is 0.381 e. The van der Waals surface area contributed by atoms with Gasteiger partial charge in [-0.2, -0.15) is 0 Å². The number of ether oxygens (including phenoxy) is 1. The van der Waals surface area contributed by atoms with E-state index in [0.29, 0.717) is 11.8 Å². The average molecular weight is 288 g/mol. The summed E-state index contributed by atoms with van der Waals surface area (Å²) in [7, 11) is 0. The van der Waals surface area contributed by atoms with E-state index in [1.165, 1.54) is 18.5 Å². The molecule has 0 amide bonds. The zero-order chi connectivity index (χ0) is 14.1. The van der Waals surface area contributed by atoms with Crippen LogP contribution in [-0.2, 0) is 4.74 Å². The standard InChI is InChI=1S/C16H24N4O/c1-2-13(1)16-18-14(12-3-9-21-10-4-12)11-15(19-16)20-7-5-17-6-8-20/h11-13,17H,1-10H2. The molecule has 1 aromatic heterocycles. The molecule has 21 heavy (non-hydrogen) atoms. The highest BCUT2D eigenvalue weighted by Crippen LogP contribution is 2.39. The van der Waals surface area contributed by atoms with Crippen LogP contribution in [-0.4, -0.2) is 49.4 Å². The minimum Gasteiger partial charge on any atom is -0.381 e. The maximum Gasteiger partial charge on any atom is 0.134 e. The predicted molar refractivity (Wildman–Crippen MR) is 81.9 cm³/mol. The highest BCUT2D eigenvalue weighted by molar-refractivity contribution is 5.42. The lowest BCUT2D eigenvalue weighted by Gasteiger charge is -2.30. The average Bonchev–Trinajstić information content (AvgIpc) is 3.41. The van der Waals surface area contributed by atoms with Crippen molar-refractivity contribution in [2.45, 2.75) is 37.5 Å². The SMILES string of the molecule is c1c(C2CCOCC2)nc(C2CC2)nc1N1CCNCC1. The molecule has 5 heteroatoms. The Kier molecular flexibility index (Phi) is 3.78. The lowest BCUT2D eigenvalue weighted by Crippen LogP contribution is -2.44. The van der Waals surface area contributed by atoms with Crippen LogP contribution in [0.5, 0.6) is 0 Å². The fourth-order valence-corrected chi connectivity index (χ4v) is 3.25. The molecular formula is C16H24N4O. The third kappa shape index (κ3) is 3.04. The van der Waals surface area contributed by atoms with Crippen LogP contribution >= 0.6 is 0 Å². The molecule has 4 rings (SSSR count). The van der Waals surface area contributed by atoms with E-state index in [4.69, 9.17) is 14.7 Å². The Hall–Kier alpha value is -1.20. The third-order valence-electron chi connectivity index (χ3n) is 4.77. The van der Waals surface area contributed by atoms with Crippen molar-refractivity contribution in [2.24, 2.45) is 0 Å². The minimum atomic E-state index is 0.556. The van der Waals surface area contributed by atoms with Crippen LogP contribution in [0.3, 0.4) is 0 Å². The van der Waals surface area contributed by atoms with Gasteiger partial charge in [-0.05, 0) is 25.7 Å². The highest BCUT2D eigenvalue weighted by Gasteiger charge is 2.29. The predicted octanol–water partition coefficient (Wildman–Crippen LogP) is 1.66. The third-order valence-corrected chi connectivity index (χ3v) is 4.77. The van der Waals surface area contributed by atoms with Crippen molar-refractivity contribution in [1.82, 2.24) is 15.3 Å². The van der Waals surface area contributed by atoms with Gasteiger partial charge in [-0.1, -0.05) is 0 Å². The Morgan fingerprint density at radius 1 is 1.00 bits per heavy atom. The first-order valence-electron chi connectivity index (χ1n) is 8.32. The topological polar surface area (TPSA) is 50.3 Å². The molecule has 1 aromatic rings. The number of piperazine rings is 1. The lowest BCUT2D eigenvalue weighted by atomic mass is 9.96. The van der Waals surface area contributed by atoms with E-state index in [-0.39, 0.29) is 0 Å². The van der Waals surface area contributed by atoms with Crippen molar-refractivity contribution in [3.8, 4) is 0 Å². The number of nitrogens with zero attached hydrogens (tertiary/aromatic N) is 3. The first-order chi connectivity index (χ1) is 10.4. The van der Waals surface area contributed by atoms with Crippen molar-refractivity contribution >= 4 is 5.82 Å². The van der Waals surface area contributed by atoms with Crippen molar-refractivity contribution in [2.75, 3.05) is 44.3 Å². The van der Waals surface area contributed by atoms with E-state index in [2.05, 4.69) is 16.3 Å². The minimum absolute atomic E-state index is 0.556. The van der Waals surface area contributed by atoms with Crippen molar-refractivity contribution in [1.29, 1.82) is 0 Å². The fraction of sp³-hybridized carbons (Fsp3) is 0.750. The van der Waals surface area contributed by atoms with Crippen LogP contribution < -0.4 is 10.2 Å². The second-order valence-electron chi connectivity index (χ2n) is 6.41. The first kappa shape index (κ1) is 13.5. The number of hydrogen-bond acceptors (Lipinski definition) is 5. The summed E-state index contributed by atoms with van der Waals surface area (Å²) < 4.78 is 5.50. The first-order valence-corrected chi connectivity index (χ1v) is 8.32. The van der Waals surface area contributed by atoms with E-state index < -0.39 is 0 Å². The zero-order valence-corrected chi connectivity index (χ0v) is 12.6. The van der Waals surface area contributed by atoms with Gasteiger partial charge in [0.2, 0.25) is 0 Å². The molecule has 1 saturated carbocycles. The molecule has 3 heterocycles. The van der Waals surface area contributed by atoms with Gasteiger partial charge in [-0.3, -0.25) is 0 Å². The number of hydrogen-bond donors (Lipinski definition) is 1. The van der Waals surface area contributed by atoms with Crippen molar-refractivity contribution in [3.63, 3.8) is 0 Å². The highest BCUT2D eigenvalue weighted by atomic mass is 16.5. The van der Waals surface area contributed by atoms with E-state index >= 15 is 0 Å². The van der Waals surface area contributed by atoms with Crippen molar-refractivity contribution in [3.05, 3.63) is 17.6 Å². The zero-order valence-electron chi connectivity index (χ0n) is 12.6. The van der Waals surface area contributed by atoms with Gasteiger partial charge >= 0.3 is 0 Å². The second kappa shape index (κ2) is 5.89. The van der Waals surface area contributed by atoms with Crippen molar-refractivity contribution < 1.29 is 4.74 Å². The van der Waals surface area contributed by atoms with Crippen LogP contribution in [0.4, 0.5) is 5.82 Å². The van der Waals surface area contributed by atoms with E-state index in [9.17, 15) is 0 Å². The summed E-state index contributed by atoms with van der Waals surface area (Å²) >= 11 is 0. The van der Waals surface area contributed by atoms with Gasteiger partial charge in [-0.25, -0.2) is 9.97 Å². The quantitative estimate of drug-likeness (QED) is 0.916. The summed E-state index contributed by atoms with van der Waals surface area (Å²) in [5, 5.41) is 3.41. The molecule has 0 atom stereocenters. The normalized spacial score (nSPS) is 24.3. The van der Waals surface area contributed by atoms with E-state index in [1.807, 2.05) is 0 Å². The smallest absolute Gasteiger partial charge is 0.134 e. The van der Waals surface area contributed by atoms with Crippen LogP contribution in [0.15, 0.2) is 6.07 Å². The van der Waals surface area contributed by atoms with Gasteiger partial charge in [0.1, 0.15) is 11.6 Å². The number of aromatic nitrogens is 2. The Labute approximate surface area is 126 Å². The molecule has 3 aliphatic rings. The molecular weight excluding hydrogens is 264 g/mol. The monoisotopic (exact) mass is 288 g/mol. The van der Waals surface area contributed by atoms with Gasteiger partial charge in [0.25, 0.3) is 0 Å². The summed E-state index contributed by atoms with van der Waals surface area (Å²) in [6.07, 6.45) is 4.72. The summed E-state index contributed by atoms with van der Waals surface area (Å²) in [5.74, 6) is 3.41. The Morgan fingerprint density at radius 2 is 1.76 bits per heavy atom. The summed E-state index contributed by atoms with van der Waals surface area (Å²) in [6, 6.07) is 2.24. The van der Waals surface area contributed by atoms with Gasteiger partial charge in [-0.15, -0.1) is 0 Å². The molecule has 0 unspecified atom stereocenters. The Morgan fingerprint density at radius 3 is 2.48 bits per heavy atom. The number of rotatable bonds is 3. The molecule has 2 saturated heterocycles. The fourth-order valence-electron chi connectivity index (χ4n) is 3.25. The maximum absolute atomic E-state index is 5.50. The molecule has 0 spiro atoms. The summed E-state index contributed by atoms with van der Waals surface area (Å²) in [5.41, 5.74) is 1.25. The number of nitrogens with one attached hydrogen (secondary N) is 1. The molecule has 0 aromatic carbocycles. The molecule has 5 nitrogen and oxygen atoms in total. The summed E-state index contributed by atoms with van der Waals surface area (Å²) in [6.45, 7) is 5.94. The maximum atomic E-state index is 5.50. The number of anilines is 1. The second-order valence-corrected chi connectivity index (χ2v) is 6.41. The molecule has 114 valence electrons. The molecule has 1 N–H and O–H groups in total. The Bertz CT molecular complexity index is 455. The van der Waals surface area contributed by atoms with Gasteiger partial charge in [0.05, 0.1) is 0 Å². The molecule has 3 fully saturated rings.